The summed E-state index contributed by atoms with van der Waals surface area (Å²) in [4.78, 5) is 24.1. The summed E-state index contributed by atoms with van der Waals surface area (Å²) in [6.07, 6.45) is 1.49. The quantitative estimate of drug-likeness (QED) is 0.199. The van der Waals surface area contributed by atoms with Crippen LogP contribution in [0.3, 0.4) is 0 Å². The number of hydrogen-bond donors (Lipinski definition) is 1. The van der Waals surface area contributed by atoms with Crippen molar-refractivity contribution in [2.45, 2.75) is 19.8 Å². The van der Waals surface area contributed by atoms with Crippen molar-refractivity contribution in [3.8, 4) is 11.5 Å². The van der Waals surface area contributed by atoms with Gasteiger partial charge >= 0.3 is 5.97 Å². The SMILES string of the molecule is CC(C)c1ccc(OCC(=O)N/N=C/c2ccc(OC(=O)c3ccccc3Br)cc2)cc1. The number of ether oxygens (including phenoxy) is 2. The summed E-state index contributed by atoms with van der Waals surface area (Å²) in [5.74, 6) is 0.650. The number of halogens is 1. The van der Waals surface area contributed by atoms with E-state index in [1.54, 1.807) is 42.5 Å². The number of esters is 1. The summed E-state index contributed by atoms with van der Waals surface area (Å²) in [6, 6.07) is 21.5. The van der Waals surface area contributed by atoms with Gasteiger partial charge in [-0.3, -0.25) is 4.79 Å². The van der Waals surface area contributed by atoms with Crippen LogP contribution in [-0.2, 0) is 4.79 Å². The molecule has 0 unspecified atom stereocenters. The van der Waals surface area contributed by atoms with Crippen molar-refractivity contribution in [1.82, 2.24) is 5.43 Å². The number of hydrogen-bond acceptors (Lipinski definition) is 5. The lowest BCUT2D eigenvalue weighted by Gasteiger charge is -2.08. The van der Waals surface area contributed by atoms with E-state index in [2.05, 4.69) is 40.3 Å². The van der Waals surface area contributed by atoms with Gasteiger partial charge in [0.1, 0.15) is 11.5 Å². The van der Waals surface area contributed by atoms with E-state index >= 15 is 0 Å². The standard InChI is InChI=1S/C25H23BrN2O4/c1-17(2)19-9-13-20(14-10-19)31-16-24(29)28-27-15-18-7-11-21(12-8-18)32-25(30)22-5-3-4-6-23(22)26/h3-15,17H,16H2,1-2H3,(H,28,29)/b27-15+. The molecular formula is C25H23BrN2O4. The third kappa shape index (κ3) is 6.78. The summed E-state index contributed by atoms with van der Waals surface area (Å²) in [7, 11) is 0. The Kier molecular flexibility index (Phi) is 8.16. The van der Waals surface area contributed by atoms with Gasteiger partial charge in [-0.1, -0.05) is 38.1 Å². The molecule has 0 aliphatic carbocycles. The van der Waals surface area contributed by atoms with Gasteiger partial charge in [0, 0.05) is 4.47 Å². The molecule has 0 fully saturated rings. The van der Waals surface area contributed by atoms with Gasteiger partial charge < -0.3 is 9.47 Å². The molecule has 0 aromatic heterocycles. The van der Waals surface area contributed by atoms with Gasteiger partial charge in [0.15, 0.2) is 6.61 Å². The first-order valence-corrected chi connectivity index (χ1v) is 10.8. The first-order chi connectivity index (χ1) is 15.4. The van der Waals surface area contributed by atoms with Crippen LogP contribution in [0.2, 0.25) is 0 Å². The number of benzene rings is 3. The number of hydrazone groups is 1. The summed E-state index contributed by atoms with van der Waals surface area (Å²) in [6.45, 7) is 4.10. The van der Waals surface area contributed by atoms with E-state index in [-0.39, 0.29) is 12.5 Å². The Bertz CT molecular complexity index is 1090. The highest BCUT2D eigenvalue weighted by atomic mass is 79.9. The number of nitrogens with one attached hydrogen (secondary N) is 1. The zero-order chi connectivity index (χ0) is 22.9. The second kappa shape index (κ2) is 11.2. The van der Waals surface area contributed by atoms with Gasteiger partial charge in [-0.2, -0.15) is 5.10 Å². The van der Waals surface area contributed by atoms with Crippen LogP contribution < -0.4 is 14.9 Å². The fourth-order valence-electron chi connectivity index (χ4n) is 2.72. The van der Waals surface area contributed by atoms with E-state index in [4.69, 9.17) is 9.47 Å². The molecule has 3 rings (SSSR count). The second-order valence-electron chi connectivity index (χ2n) is 7.24. The van der Waals surface area contributed by atoms with Crippen molar-refractivity contribution in [2.75, 3.05) is 6.61 Å². The highest BCUT2D eigenvalue weighted by Crippen LogP contribution is 2.20. The van der Waals surface area contributed by atoms with E-state index in [9.17, 15) is 9.59 Å². The number of carbonyl (C=O) groups is 2. The molecular weight excluding hydrogens is 472 g/mol. The Morgan fingerprint density at radius 1 is 0.969 bits per heavy atom. The molecule has 3 aromatic rings. The van der Waals surface area contributed by atoms with E-state index in [0.717, 1.165) is 5.56 Å². The average Bonchev–Trinajstić information content (AvgIpc) is 2.79. The predicted octanol–water partition coefficient (Wildman–Crippen LogP) is 5.32. The van der Waals surface area contributed by atoms with Crippen LogP contribution in [0.4, 0.5) is 0 Å². The minimum absolute atomic E-state index is 0.137. The van der Waals surface area contributed by atoms with Crippen molar-refractivity contribution in [1.29, 1.82) is 0 Å². The van der Waals surface area contributed by atoms with Gasteiger partial charge in [0.25, 0.3) is 5.91 Å². The molecule has 0 aliphatic heterocycles. The fraction of sp³-hybridized carbons (Fsp3) is 0.160. The largest absolute Gasteiger partial charge is 0.484 e. The summed E-state index contributed by atoms with van der Waals surface area (Å²) in [5, 5.41) is 3.92. The lowest BCUT2D eigenvalue weighted by atomic mass is 10.0. The van der Waals surface area contributed by atoms with Crippen LogP contribution in [-0.4, -0.2) is 24.7 Å². The second-order valence-corrected chi connectivity index (χ2v) is 8.10. The maximum Gasteiger partial charge on any atom is 0.344 e. The van der Waals surface area contributed by atoms with Crippen LogP contribution in [0.5, 0.6) is 11.5 Å². The minimum atomic E-state index is -0.454. The molecule has 7 heteroatoms. The summed E-state index contributed by atoms with van der Waals surface area (Å²) < 4.78 is 11.5. The van der Waals surface area contributed by atoms with E-state index in [0.29, 0.717) is 27.5 Å². The van der Waals surface area contributed by atoms with Gasteiger partial charge in [0.05, 0.1) is 11.8 Å². The van der Waals surface area contributed by atoms with Crippen molar-refractivity contribution >= 4 is 34.0 Å². The molecule has 0 heterocycles. The molecule has 3 aromatic carbocycles. The van der Waals surface area contributed by atoms with Crippen LogP contribution >= 0.6 is 15.9 Å². The molecule has 6 nitrogen and oxygen atoms in total. The Morgan fingerprint density at radius 2 is 1.62 bits per heavy atom. The van der Waals surface area contributed by atoms with Crippen LogP contribution in [0.15, 0.2) is 82.4 Å². The highest BCUT2D eigenvalue weighted by Gasteiger charge is 2.11. The number of rotatable bonds is 8. The van der Waals surface area contributed by atoms with E-state index in [1.807, 2.05) is 30.3 Å². The number of nitrogens with zero attached hydrogens (tertiary/aromatic N) is 1. The van der Waals surface area contributed by atoms with Gasteiger partial charge in [-0.05, 0) is 81.5 Å². The smallest absolute Gasteiger partial charge is 0.344 e. The van der Waals surface area contributed by atoms with Crippen molar-refractivity contribution < 1.29 is 19.1 Å². The Morgan fingerprint density at radius 3 is 2.28 bits per heavy atom. The molecule has 32 heavy (non-hydrogen) atoms. The topological polar surface area (TPSA) is 77.0 Å². The van der Waals surface area contributed by atoms with Gasteiger partial charge in [-0.15, -0.1) is 0 Å². The normalized spacial score (nSPS) is 10.9. The predicted molar refractivity (Wildman–Crippen MR) is 127 cm³/mol. The third-order valence-electron chi connectivity index (χ3n) is 4.50. The molecule has 0 atom stereocenters. The molecule has 164 valence electrons. The van der Waals surface area contributed by atoms with Gasteiger partial charge in [-0.25, -0.2) is 10.2 Å². The molecule has 0 bridgehead atoms. The molecule has 0 spiro atoms. The van der Waals surface area contributed by atoms with Crippen molar-refractivity contribution in [3.63, 3.8) is 0 Å². The van der Waals surface area contributed by atoms with Crippen LogP contribution in [0.25, 0.3) is 0 Å². The molecule has 1 N–H and O–H groups in total. The van der Waals surface area contributed by atoms with E-state index < -0.39 is 5.97 Å². The van der Waals surface area contributed by atoms with Crippen LogP contribution in [0, 0.1) is 0 Å². The molecule has 0 saturated heterocycles. The number of amides is 1. The van der Waals surface area contributed by atoms with Crippen LogP contribution in [0.1, 0.15) is 41.3 Å². The van der Waals surface area contributed by atoms with E-state index in [1.165, 1.54) is 11.8 Å². The zero-order valence-corrected chi connectivity index (χ0v) is 19.3. The first-order valence-electron chi connectivity index (χ1n) is 10.0. The summed E-state index contributed by atoms with van der Waals surface area (Å²) in [5.41, 5.74) is 4.80. The van der Waals surface area contributed by atoms with Crippen molar-refractivity contribution in [2.24, 2.45) is 5.10 Å². The maximum absolute atomic E-state index is 12.2. The third-order valence-corrected chi connectivity index (χ3v) is 5.20. The summed E-state index contributed by atoms with van der Waals surface area (Å²) >= 11 is 3.33. The molecule has 0 aliphatic rings. The monoisotopic (exact) mass is 494 g/mol. The highest BCUT2D eigenvalue weighted by molar-refractivity contribution is 9.10. The Balaban J connectivity index is 1.45. The van der Waals surface area contributed by atoms with Gasteiger partial charge in [0.2, 0.25) is 0 Å². The zero-order valence-electron chi connectivity index (χ0n) is 17.7. The maximum atomic E-state index is 12.2. The Labute approximate surface area is 195 Å². The number of carbonyl (C=O) groups excluding carboxylic acids is 2. The lowest BCUT2D eigenvalue weighted by molar-refractivity contribution is -0.123. The van der Waals surface area contributed by atoms with Crippen molar-refractivity contribution in [3.05, 3.63) is 94.0 Å². The molecule has 0 saturated carbocycles. The average molecular weight is 495 g/mol. The lowest BCUT2D eigenvalue weighted by Crippen LogP contribution is -2.24. The molecule has 0 radical (unpaired) electrons. The first kappa shape index (κ1) is 23.2. The fourth-order valence-corrected chi connectivity index (χ4v) is 3.17. The molecule has 1 amide bonds. The minimum Gasteiger partial charge on any atom is -0.484 e. The Hall–Kier alpha value is -3.45.